The molecule has 0 aromatic rings. The van der Waals surface area contributed by atoms with Gasteiger partial charge in [0.15, 0.2) is 0 Å². The van der Waals surface area contributed by atoms with E-state index in [4.69, 9.17) is 24.3 Å². The summed E-state index contributed by atoms with van der Waals surface area (Å²) in [5.41, 5.74) is 5.39. The van der Waals surface area contributed by atoms with Crippen LogP contribution in [0.3, 0.4) is 0 Å². The summed E-state index contributed by atoms with van der Waals surface area (Å²) in [5.74, 6) is -0.342. The van der Waals surface area contributed by atoms with Crippen molar-refractivity contribution in [2.75, 3.05) is 33.0 Å². The van der Waals surface area contributed by atoms with Gasteiger partial charge in [-0.2, -0.15) is 0 Å². The number of carbonyl (C=O) groups excluding carboxylic acids is 1. The number of phosphoric ester groups is 1. The number of rotatable bonds is 47. The first-order valence-electron chi connectivity index (χ1n) is 25.1. The third-order valence-corrected chi connectivity index (χ3v) is 11.3. The zero-order chi connectivity index (χ0) is 45.1. The van der Waals surface area contributed by atoms with E-state index in [1.807, 2.05) is 0 Å². The van der Waals surface area contributed by atoms with Gasteiger partial charge in [0.25, 0.3) is 0 Å². The van der Waals surface area contributed by atoms with Crippen molar-refractivity contribution in [3.05, 3.63) is 85.1 Å². The number of nitrogens with two attached hydrogens (primary N) is 1. The van der Waals surface area contributed by atoms with Crippen LogP contribution in [0.1, 0.15) is 206 Å². The zero-order valence-electron chi connectivity index (χ0n) is 39.8. The van der Waals surface area contributed by atoms with Crippen LogP contribution in [0.4, 0.5) is 0 Å². The molecule has 8 nitrogen and oxygen atoms in total. The molecule has 0 spiro atoms. The van der Waals surface area contributed by atoms with Crippen molar-refractivity contribution in [1.29, 1.82) is 0 Å². The van der Waals surface area contributed by atoms with E-state index in [1.54, 1.807) is 0 Å². The summed E-state index contributed by atoms with van der Waals surface area (Å²) in [4.78, 5) is 22.6. The monoisotopic (exact) mass is 888 g/mol. The van der Waals surface area contributed by atoms with Crippen molar-refractivity contribution in [3.63, 3.8) is 0 Å². The zero-order valence-corrected chi connectivity index (χ0v) is 40.7. The number of phosphoric acid groups is 1. The minimum atomic E-state index is -4.29. The lowest BCUT2D eigenvalue weighted by molar-refractivity contribution is -0.154. The summed E-state index contributed by atoms with van der Waals surface area (Å²) < 4.78 is 33.5. The summed E-state index contributed by atoms with van der Waals surface area (Å²) in [7, 11) is -4.29. The van der Waals surface area contributed by atoms with Gasteiger partial charge in [-0.15, -0.1) is 0 Å². The van der Waals surface area contributed by atoms with Gasteiger partial charge in [0.1, 0.15) is 6.10 Å². The van der Waals surface area contributed by atoms with E-state index in [9.17, 15) is 14.3 Å². The quantitative estimate of drug-likeness (QED) is 0.0269. The van der Waals surface area contributed by atoms with Crippen LogP contribution < -0.4 is 5.73 Å². The lowest BCUT2D eigenvalue weighted by Crippen LogP contribution is -2.28. The molecule has 0 aliphatic heterocycles. The Labute approximate surface area is 381 Å². The average Bonchev–Trinajstić information content (AvgIpc) is 3.26. The minimum absolute atomic E-state index is 0.0925. The van der Waals surface area contributed by atoms with Crippen LogP contribution in [-0.4, -0.2) is 49.9 Å². The van der Waals surface area contributed by atoms with Crippen molar-refractivity contribution in [3.8, 4) is 0 Å². The maximum absolute atomic E-state index is 12.6. The molecule has 358 valence electrons. The highest BCUT2D eigenvalue weighted by atomic mass is 31.2. The van der Waals surface area contributed by atoms with Gasteiger partial charge in [-0.3, -0.25) is 13.8 Å². The van der Waals surface area contributed by atoms with Gasteiger partial charge in [-0.1, -0.05) is 195 Å². The number of allylic oxidation sites excluding steroid dienone is 14. The molecule has 0 fully saturated rings. The summed E-state index contributed by atoms with van der Waals surface area (Å²) in [6.45, 7) is 4.75. The molecular weight excluding hydrogens is 794 g/mol. The summed E-state index contributed by atoms with van der Waals surface area (Å²) >= 11 is 0. The van der Waals surface area contributed by atoms with Crippen molar-refractivity contribution < 1.29 is 32.8 Å². The van der Waals surface area contributed by atoms with Crippen molar-refractivity contribution in [2.24, 2.45) is 5.73 Å². The first kappa shape index (κ1) is 59.7. The molecular formula is C53H94NO7P. The van der Waals surface area contributed by atoms with Gasteiger partial charge in [-0.25, -0.2) is 4.57 Å². The molecule has 0 bridgehead atoms. The minimum Gasteiger partial charge on any atom is -0.457 e. The first-order chi connectivity index (χ1) is 30.4. The molecule has 3 N–H and O–H groups in total. The Balaban J connectivity index is 4.03. The lowest BCUT2D eigenvalue weighted by atomic mass is 10.1. The average molecular weight is 888 g/mol. The Hall–Kier alpha value is -2.32. The van der Waals surface area contributed by atoms with E-state index in [0.29, 0.717) is 13.0 Å². The number of carbonyl (C=O) groups is 1. The molecule has 0 amide bonds. The van der Waals surface area contributed by atoms with E-state index in [1.165, 1.54) is 103 Å². The summed E-state index contributed by atoms with van der Waals surface area (Å²) in [5, 5.41) is 0. The summed E-state index contributed by atoms with van der Waals surface area (Å²) in [6, 6.07) is 0. The fraction of sp³-hybridized carbons (Fsp3) is 0.717. The molecule has 0 aromatic heterocycles. The van der Waals surface area contributed by atoms with Crippen LogP contribution in [0, 0.1) is 0 Å². The fourth-order valence-electron chi connectivity index (χ4n) is 6.64. The highest BCUT2D eigenvalue weighted by Crippen LogP contribution is 2.43. The maximum Gasteiger partial charge on any atom is 0.472 e. The van der Waals surface area contributed by atoms with Crippen LogP contribution in [-0.2, 0) is 27.9 Å². The van der Waals surface area contributed by atoms with Crippen LogP contribution >= 0.6 is 7.82 Å². The third-order valence-electron chi connectivity index (χ3n) is 10.3. The second-order valence-electron chi connectivity index (χ2n) is 16.3. The van der Waals surface area contributed by atoms with Gasteiger partial charge >= 0.3 is 13.8 Å². The third kappa shape index (κ3) is 48.7. The van der Waals surface area contributed by atoms with Gasteiger partial charge in [0, 0.05) is 19.6 Å². The molecule has 0 saturated carbocycles. The van der Waals surface area contributed by atoms with Crippen LogP contribution in [0.15, 0.2) is 85.1 Å². The first-order valence-corrected chi connectivity index (χ1v) is 26.6. The SMILES string of the molecule is CC/C=C\C/C=C\C/C=C\C/C=C\C/C=C\C/C=C\CCCCCCCOCC(COP(=O)(O)OCCN)OC(=O)CCCCCCCCCCC/C=C\CCCCCCCC. The largest absolute Gasteiger partial charge is 0.472 e. The van der Waals surface area contributed by atoms with Crippen LogP contribution in [0.5, 0.6) is 0 Å². The Morgan fingerprint density at radius 3 is 1.37 bits per heavy atom. The molecule has 0 aromatic carbocycles. The number of ether oxygens (including phenoxy) is 2. The molecule has 9 heteroatoms. The van der Waals surface area contributed by atoms with Gasteiger partial charge in [0.05, 0.1) is 19.8 Å². The van der Waals surface area contributed by atoms with E-state index >= 15 is 0 Å². The van der Waals surface area contributed by atoms with Gasteiger partial charge < -0.3 is 20.1 Å². The second-order valence-corrected chi connectivity index (χ2v) is 17.7. The standard InChI is InChI=1S/C53H94NO7P/c1-3-5-7-9-11-13-15-17-19-21-23-24-25-26-27-29-31-33-35-37-39-41-43-45-48-58-50-52(51-60-62(56,57)59-49-47-54)61-53(55)46-44-42-40-38-36-34-32-30-28-22-20-18-16-14-12-10-8-6-4-2/h5,7,11,13,17-20,23-24,26-27,31,33,52H,3-4,6,8-10,12,14-16,21-22,25,28-30,32,34-51,54H2,1-2H3,(H,56,57)/b7-5-,13-11-,19-17-,20-18-,24-23-,27-26-,33-31-. The molecule has 0 aliphatic rings. The smallest absolute Gasteiger partial charge is 0.457 e. The lowest BCUT2D eigenvalue weighted by Gasteiger charge is -2.20. The molecule has 2 unspecified atom stereocenters. The van der Waals surface area contributed by atoms with E-state index in [0.717, 1.165) is 83.5 Å². The number of hydrogen-bond acceptors (Lipinski definition) is 7. The predicted molar refractivity (Wildman–Crippen MR) is 265 cm³/mol. The number of esters is 1. The topological polar surface area (TPSA) is 117 Å². The van der Waals surface area contributed by atoms with Crippen molar-refractivity contribution in [1.82, 2.24) is 0 Å². The van der Waals surface area contributed by atoms with E-state index < -0.39 is 13.9 Å². The fourth-order valence-corrected chi connectivity index (χ4v) is 7.41. The van der Waals surface area contributed by atoms with Gasteiger partial charge in [0.2, 0.25) is 0 Å². The second kappa shape index (κ2) is 49.7. The van der Waals surface area contributed by atoms with Crippen LogP contribution in [0.2, 0.25) is 0 Å². The molecule has 0 rings (SSSR count). The molecule has 62 heavy (non-hydrogen) atoms. The Morgan fingerprint density at radius 2 is 0.903 bits per heavy atom. The number of unbranched alkanes of at least 4 members (excludes halogenated alkanes) is 20. The van der Waals surface area contributed by atoms with E-state index in [2.05, 4.69) is 98.9 Å². The molecule has 0 saturated heterocycles. The highest BCUT2D eigenvalue weighted by Gasteiger charge is 2.25. The predicted octanol–water partition coefficient (Wildman–Crippen LogP) is 15.6. The molecule has 0 radical (unpaired) electrons. The Kier molecular flexibility index (Phi) is 47.8. The van der Waals surface area contributed by atoms with Crippen molar-refractivity contribution >= 4 is 13.8 Å². The normalized spacial score (nSPS) is 14.1. The molecule has 0 heterocycles. The van der Waals surface area contributed by atoms with Crippen molar-refractivity contribution in [2.45, 2.75) is 213 Å². The summed E-state index contributed by atoms with van der Waals surface area (Å²) in [6.07, 6.45) is 64.7. The Morgan fingerprint density at radius 1 is 0.500 bits per heavy atom. The molecule has 2 atom stereocenters. The van der Waals surface area contributed by atoms with Gasteiger partial charge in [-0.05, 0) is 89.9 Å². The Bertz CT molecular complexity index is 1220. The number of hydrogen-bond donors (Lipinski definition) is 2. The molecule has 0 aliphatic carbocycles. The van der Waals surface area contributed by atoms with E-state index in [-0.39, 0.29) is 32.3 Å². The highest BCUT2D eigenvalue weighted by molar-refractivity contribution is 7.47. The van der Waals surface area contributed by atoms with Crippen LogP contribution in [0.25, 0.3) is 0 Å². The maximum atomic E-state index is 12.6.